The van der Waals surface area contributed by atoms with Gasteiger partial charge in [-0.2, -0.15) is 5.26 Å². The van der Waals surface area contributed by atoms with Gasteiger partial charge in [0.25, 0.3) is 0 Å². The minimum Gasteiger partial charge on any atom is -0.315 e. The van der Waals surface area contributed by atoms with Crippen molar-refractivity contribution < 1.29 is 4.79 Å². The van der Waals surface area contributed by atoms with Crippen molar-refractivity contribution in [3.05, 3.63) is 0 Å². The molecule has 1 amide bonds. The number of rotatable bonds is 5. The van der Waals surface area contributed by atoms with Gasteiger partial charge in [0.05, 0.1) is 18.5 Å². The first-order valence-corrected chi connectivity index (χ1v) is 9.07. The van der Waals surface area contributed by atoms with Gasteiger partial charge in [-0.25, -0.2) is 5.01 Å². The van der Waals surface area contributed by atoms with E-state index in [1.54, 1.807) is 16.7 Å². The van der Waals surface area contributed by atoms with Gasteiger partial charge in [-0.1, -0.05) is 19.3 Å². The third-order valence-electron chi connectivity index (χ3n) is 4.10. The standard InChI is InChI=1S/C15H26N4OS/c1-12(2)17-19(13-6-4-3-5-7-13)9-15(20)18-11-21-10-14(18)8-16/h12-14,17H,3-7,9-11H2,1-2H3. The molecule has 6 heteroatoms. The van der Waals surface area contributed by atoms with Crippen LogP contribution in [0.2, 0.25) is 0 Å². The Balaban J connectivity index is 1.97. The smallest absolute Gasteiger partial charge is 0.240 e. The summed E-state index contributed by atoms with van der Waals surface area (Å²) >= 11 is 1.66. The summed E-state index contributed by atoms with van der Waals surface area (Å²) < 4.78 is 0. The average Bonchev–Trinajstić information content (AvgIpc) is 2.95. The number of nitrogens with one attached hydrogen (secondary N) is 1. The van der Waals surface area contributed by atoms with Crippen molar-refractivity contribution >= 4 is 17.7 Å². The van der Waals surface area contributed by atoms with E-state index in [0.29, 0.717) is 24.5 Å². The number of amides is 1. The predicted molar refractivity (Wildman–Crippen MR) is 85.4 cm³/mol. The maximum Gasteiger partial charge on any atom is 0.240 e. The highest BCUT2D eigenvalue weighted by atomic mass is 32.2. The van der Waals surface area contributed by atoms with Gasteiger partial charge < -0.3 is 4.90 Å². The first-order chi connectivity index (χ1) is 10.1. The van der Waals surface area contributed by atoms with E-state index in [4.69, 9.17) is 5.26 Å². The largest absolute Gasteiger partial charge is 0.315 e. The van der Waals surface area contributed by atoms with Gasteiger partial charge in [0.1, 0.15) is 6.04 Å². The maximum atomic E-state index is 12.5. The summed E-state index contributed by atoms with van der Waals surface area (Å²) in [5, 5.41) is 11.3. The zero-order chi connectivity index (χ0) is 15.2. The lowest BCUT2D eigenvalue weighted by molar-refractivity contribution is -0.134. The van der Waals surface area contributed by atoms with E-state index in [2.05, 4.69) is 30.4 Å². The number of carbonyl (C=O) groups is 1. The monoisotopic (exact) mass is 310 g/mol. The number of hydrogen-bond donors (Lipinski definition) is 1. The Kier molecular flexibility index (Phi) is 6.34. The molecule has 1 N–H and O–H groups in total. The van der Waals surface area contributed by atoms with E-state index < -0.39 is 0 Å². The van der Waals surface area contributed by atoms with Crippen molar-refractivity contribution in [3.8, 4) is 6.07 Å². The maximum absolute atomic E-state index is 12.5. The molecule has 0 bridgehead atoms. The second-order valence-electron chi connectivity index (χ2n) is 6.21. The third-order valence-corrected chi connectivity index (χ3v) is 5.11. The zero-order valence-corrected chi connectivity index (χ0v) is 13.9. The van der Waals surface area contributed by atoms with Crippen LogP contribution >= 0.6 is 11.8 Å². The molecule has 1 heterocycles. The fourth-order valence-electron chi connectivity index (χ4n) is 3.04. The van der Waals surface area contributed by atoms with Gasteiger partial charge in [-0.05, 0) is 26.7 Å². The van der Waals surface area contributed by atoms with Gasteiger partial charge in [0.15, 0.2) is 0 Å². The summed E-state index contributed by atoms with van der Waals surface area (Å²) in [7, 11) is 0. The number of nitrogens with zero attached hydrogens (tertiary/aromatic N) is 3. The van der Waals surface area contributed by atoms with Gasteiger partial charge in [0, 0.05) is 17.8 Å². The van der Waals surface area contributed by atoms with Crippen LogP contribution in [0.3, 0.4) is 0 Å². The molecule has 0 aromatic carbocycles. The third kappa shape index (κ3) is 4.60. The molecule has 0 aromatic rings. The Hall–Kier alpha value is -0.770. The molecule has 0 radical (unpaired) electrons. The number of thioether (sulfide) groups is 1. The van der Waals surface area contributed by atoms with Crippen molar-refractivity contribution in [1.82, 2.24) is 15.3 Å². The first kappa shape index (κ1) is 16.6. The SMILES string of the molecule is CC(C)NN(CC(=O)N1CSCC1C#N)C1CCCCC1. The van der Waals surface area contributed by atoms with Crippen molar-refractivity contribution in [1.29, 1.82) is 5.26 Å². The first-order valence-electron chi connectivity index (χ1n) is 7.91. The van der Waals surface area contributed by atoms with E-state index in [1.165, 1.54) is 19.3 Å². The Bertz CT molecular complexity index is 390. The average molecular weight is 310 g/mol. The van der Waals surface area contributed by atoms with Crippen LogP contribution in [0.15, 0.2) is 0 Å². The summed E-state index contributed by atoms with van der Waals surface area (Å²) in [4.78, 5) is 14.3. The molecule has 0 spiro atoms. The summed E-state index contributed by atoms with van der Waals surface area (Å²) in [6.45, 7) is 4.58. The second kappa shape index (κ2) is 8.02. The van der Waals surface area contributed by atoms with Crippen molar-refractivity contribution in [2.45, 2.75) is 64.1 Å². The van der Waals surface area contributed by atoms with Crippen LogP contribution in [0.4, 0.5) is 0 Å². The molecule has 2 aliphatic rings. The van der Waals surface area contributed by atoms with Crippen molar-refractivity contribution in [3.63, 3.8) is 0 Å². The lowest BCUT2D eigenvalue weighted by Crippen LogP contribution is -2.54. The van der Waals surface area contributed by atoms with Gasteiger partial charge in [-0.15, -0.1) is 11.8 Å². The molecule has 118 valence electrons. The zero-order valence-electron chi connectivity index (χ0n) is 13.0. The van der Waals surface area contributed by atoms with Crippen molar-refractivity contribution in [2.75, 3.05) is 18.2 Å². The minimum atomic E-state index is -0.255. The molecule has 1 saturated carbocycles. The van der Waals surface area contributed by atoms with Crippen LogP contribution in [0, 0.1) is 11.3 Å². The van der Waals surface area contributed by atoms with Crippen LogP contribution in [0.25, 0.3) is 0 Å². The number of carbonyl (C=O) groups excluding carboxylic acids is 1. The molecule has 1 saturated heterocycles. The summed E-state index contributed by atoms with van der Waals surface area (Å²) in [5.41, 5.74) is 3.43. The second-order valence-corrected chi connectivity index (χ2v) is 7.21. The topological polar surface area (TPSA) is 59.4 Å². The molecular formula is C15H26N4OS. The van der Waals surface area contributed by atoms with E-state index >= 15 is 0 Å². The highest BCUT2D eigenvalue weighted by Crippen LogP contribution is 2.24. The van der Waals surface area contributed by atoms with Crippen LogP contribution in [0.5, 0.6) is 0 Å². The molecule has 1 aliphatic heterocycles. The van der Waals surface area contributed by atoms with E-state index in [-0.39, 0.29) is 11.9 Å². The van der Waals surface area contributed by atoms with E-state index in [0.717, 1.165) is 18.6 Å². The van der Waals surface area contributed by atoms with Gasteiger partial charge in [0.2, 0.25) is 5.91 Å². The van der Waals surface area contributed by atoms with E-state index in [9.17, 15) is 4.79 Å². The Morgan fingerprint density at radius 1 is 1.43 bits per heavy atom. The van der Waals surface area contributed by atoms with Crippen LogP contribution in [-0.2, 0) is 4.79 Å². The summed E-state index contributed by atoms with van der Waals surface area (Å²) in [6, 6.07) is 2.74. The van der Waals surface area contributed by atoms with Crippen LogP contribution < -0.4 is 5.43 Å². The van der Waals surface area contributed by atoms with Crippen LogP contribution in [0.1, 0.15) is 46.0 Å². The highest BCUT2D eigenvalue weighted by molar-refractivity contribution is 7.99. The molecule has 1 atom stereocenters. The molecule has 2 rings (SSSR count). The van der Waals surface area contributed by atoms with E-state index in [1.807, 2.05) is 0 Å². The molecule has 2 fully saturated rings. The number of hydrazine groups is 1. The molecule has 5 nitrogen and oxygen atoms in total. The fourth-order valence-corrected chi connectivity index (χ4v) is 4.14. The Morgan fingerprint density at radius 2 is 2.14 bits per heavy atom. The summed E-state index contributed by atoms with van der Waals surface area (Å²) in [5.74, 6) is 1.46. The summed E-state index contributed by atoms with van der Waals surface area (Å²) in [6.07, 6.45) is 6.11. The minimum absolute atomic E-state index is 0.0743. The Morgan fingerprint density at radius 3 is 2.76 bits per heavy atom. The van der Waals surface area contributed by atoms with Gasteiger partial charge in [-0.3, -0.25) is 10.2 Å². The highest BCUT2D eigenvalue weighted by Gasteiger charge is 2.32. The predicted octanol–water partition coefficient (Wildman–Crippen LogP) is 1.96. The quantitative estimate of drug-likeness (QED) is 0.787. The van der Waals surface area contributed by atoms with Crippen LogP contribution in [-0.4, -0.2) is 52.1 Å². The lowest BCUT2D eigenvalue weighted by atomic mass is 9.95. The Labute approximate surface area is 132 Å². The normalized spacial score (nSPS) is 23.8. The molecule has 1 aliphatic carbocycles. The molecule has 0 aromatic heterocycles. The lowest BCUT2D eigenvalue weighted by Gasteiger charge is -2.36. The number of hydrogen-bond acceptors (Lipinski definition) is 5. The molecule has 21 heavy (non-hydrogen) atoms. The molecule has 1 unspecified atom stereocenters. The van der Waals surface area contributed by atoms with Crippen molar-refractivity contribution in [2.24, 2.45) is 0 Å². The fraction of sp³-hybridized carbons (Fsp3) is 0.867. The number of nitriles is 1. The van der Waals surface area contributed by atoms with Gasteiger partial charge >= 0.3 is 0 Å². The molecular weight excluding hydrogens is 284 g/mol.